The summed E-state index contributed by atoms with van der Waals surface area (Å²) in [5.41, 5.74) is 2.20. The van der Waals surface area contributed by atoms with Gasteiger partial charge in [-0.3, -0.25) is 4.98 Å². The normalized spacial score (nSPS) is 10.5. The molecule has 0 aliphatic rings. The maximum absolute atomic E-state index is 12.9. The first-order chi connectivity index (χ1) is 7.58. The minimum Gasteiger partial charge on any atom is -0.257 e. The maximum Gasteiger partial charge on any atom is 0.124 e. The van der Waals surface area contributed by atoms with Gasteiger partial charge >= 0.3 is 0 Å². The van der Waals surface area contributed by atoms with Gasteiger partial charge in [-0.1, -0.05) is 11.6 Å². The first kappa shape index (κ1) is 11.7. The SMILES string of the molecule is Cc1ncc(-c2ccc(F)cc2Cl)nc1I. The summed E-state index contributed by atoms with van der Waals surface area (Å²) in [6.45, 7) is 1.88. The minimum absolute atomic E-state index is 0.342. The zero-order valence-corrected chi connectivity index (χ0v) is 11.3. The summed E-state index contributed by atoms with van der Waals surface area (Å²) in [7, 11) is 0. The van der Waals surface area contributed by atoms with Crippen LogP contribution in [0, 0.1) is 16.4 Å². The predicted molar refractivity (Wildman–Crippen MR) is 69.9 cm³/mol. The van der Waals surface area contributed by atoms with Crippen molar-refractivity contribution in [2.24, 2.45) is 0 Å². The molecule has 0 saturated heterocycles. The fourth-order valence-electron chi connectivity index (χ4n) is 1.25. The lowest BCUT2D eigenvalue weighted by molar-refractivity contribution is 0.628. The molecule has 2 rings (SSSR count). The Morgan fingerprint density at radius 3 is 2.75 bits per heavy atom. The molecule has 0 fully saturated rings. The van der Waals surface area contributed by atoms with Crippen molar-refractivity contribution < 1.29 is 4.39 Å². The Morgan fingerprint density at radius 2 is 2.12 bits per heavy atom. The lowest BCUT2D eigenvalue weighted by Crippen LogP contribution is -1.94. The van der Waals surface area contributed by atoms with Gasteiger partial charge in [0.15, 0.2) is 0 Å². The Hall–Kier alpha value is -0.750. The topological polar surface area (TPSA) is 25.8 Å². The van der Waals surface area contributed by atoms with Gasteiger partial charge in [0.1, 0.15) is 9.52 Å². The number of nitrogens with zero attached hydrogens (tertiary/aromatic N) is 2. The average molecular weight is 349 g/mol. The number of halogens is 3. The molecule has 0 unspecified atom stereocenters. The van der Waals surface area contributed by atoms with Crippen LogP contribution in [-0.4, -0.2) is 9.97 Å². The number of hydrogen-bond acceptors (Lipinski definition) is 2. The van der Waals surface area contributed by atoms with Gasteiger partial charge in [0.25, 0.3) is 0 Å². The van der Waals surface area contributed by atoms with Crippen molar-refractivity contribution in [2.75, 3.05) is 0 Å². The number of rotatable bonds is 1. The largest absolute Gasteiger partial charge is 0.257 e. The van der Waals surface area contributed by atoms with Crippen LogP contribution in [0.5, 0.6) is 0 Å². The molecule has 1 aromatic carbocycles. The van der Waals surface area contributed by atoms with Crippen molar-refractivity contribution >= 4 is 34.2 Å². The Balaban J connectivity index is 2.54. The fraction of sp³-hybridized carbons (Fsp3) is 0.0909. The van der Waals surface area contributed by atoms with E-state index in [0.717, 1.165) is 9.39 Å². The molecule has 2 aromatic rings. The lowest BCUT2D eigenvalue weighted by atomic mass is 10.1. The van der Waals surface area contributed by atoms with E-state index < -0.39 is 0 Å². The highest BCUT2D eigenvalue weighted by Crippen LogP contribution is 2.27. The standard InChI is InChI=1S/C11H7ClFIN2/c1-6-11(14)16-10(5-15-6)8-3-2-7(13)4-9(8)12/h2-5H,1H3. The van der Waals surface area contributed by atoms with E-state index in [4.69, 9.17) is 11.6 Å². The quantitative estimate of drug-likeness (QED) is 0.732. The number of hydrogen-bond donors (Lipinski definition) is 0. The van der Waals surface area contributed by atoms with Crippen molar-refractivity contribution in [1.29, 1.82) is 0 Å². The minimum atomic E-state index is -0.358. The summed E-state index contributed by atoms with van der Waals surface area (Å²) in [6.07, 6.45) is 1.64. The van der Waals surface area contributed by atoms with Crippen LogP contribution < -0.4 is 0 Å². The smallest absolute Gasteiger partial charge is 0.124 e. The monoisotopic (exact) mass is 348 g/mol. The molecule has 0 radical (unpaired) electrons. The van der Waals surface area contributed by atoms with Crippen LogP contribution in [0.1, 0.15) is 5.69 Å². The summed E-state index contributed by atoms with van der Waals surface area (Å²) in [5, 5.41) is 0.342. The summed E-state index contributed by atoms with van der Waals surface area (Å²) in [5.74, 6) is -0.358. The van der Waals surface area contributed by atoms with Gasteiger partial charge in [0.05, 0.1) is 22.6 Å². The van der Waals surface area contributed by atoms with Gasteiger partial charge in [0, 0.05) is 5.56 Å². The maximum atomic E-state index is 12.9. The molecule has 1 aromatic heterocycles. The van der Waals surface area contributed by atoms with Crippen molar-refractivity contribution in [1.82, 2.24) is 9.97 Å². The van der Waals surface area contributed by atoms with E-state index in [0.29, 0.717) is 16.3 Å². The molecule has 5 heteroatoms. The number of aromatic nitrogens is 2. The van der Waals surface area contributed by atoms with Crippen LogP contribution in [0.15, 0.2) is 24.4 Å². The molecular weight excluding hydrogens is 341 g/mol. The van der Waals surface area contributed by atoms with Crippen molar-refractivity contribution in [3.05, 3.63) is 44.6 Å². The first-order valence-corrected chi connectivity index (χ1v) is 5.98. The molecule has 16 heavy (non-hydrogen) atoms. The van der Waals surface area contributed by atoms with Crippen molar-refractivity contribution in [3.63, 3.8) is 0 Å². The van der Waals surface area contributed by atoms with Crippen LogP contribution in [0.2, 0.25) is 5.02 Å². The summed E-state index contributed by atoms with van der Waals surface area (Å²) in [4.78, 5) is 8.55. The second-order valence-electron chi connectivity index (χ2n) is 3.26. The Labute approximate surface area is 111 Å². The second-order valence-corrected chi connectivity index (χ2v) is 4.68. The predicted octanol–water partition coefficient (Wildman–Crippen LogP) is 3.85. The third kappa shape index (κ3) is 2.32. The van der Waals surface area contributed by atoms with E-state index in [9.17, 15) is 4.39 Å². The molecule has 0 aliphatic carbocycles. The summed E-state index contributed by atoms with van der Waals surface area (Å²) in [6, 6.07) is 4.23. The van der Waals surface area contributed by atoms with Gasteiger partial charge in [-0.15, -0.1) is 0 Å². The molecule has 82 valence electrons. The average Bonchev–Trinajstić information content (AvgIpc) is 2.22. The second kappa shape index (κ2) is 4.63. The van der Waals surface area contributed by atoms with E-state index >= 15 is 0 Å². The molecule has 0 N–H and O–H groups in total. The zero-order chi connectivity index (χ0) is 11.7. The lowest BCUT2D eigenvalue weighted by Gasteiger charge is -2.05. The third-order valence-electron chi connectivity index (χ3n) is 2.10. The molecule has 0 spiro atoms. The number of aryl methyl sites for hydroxylation is 1. The molecule has 0 amide bonds. The molecule has 0 saturated carbocycles. The van der Waals surface area contributed by atoms with Gasteiger partial charge in [-0.05, 0) is 47.7 Å². The van der Waals surface area contributed by atoms with Crippen molar-refractivity contribution in [2.45, 2.75) is 6.92 Å². The molecule has 0 bridgehead atoms. The Kier molecular flexibility index (Phi) is 3.39. The number of benzene rings is 1. The Bertz CT molecular complexity index is 546. The zero-order valence-electron chi connectivity index (χ0n) is 8.34. The van der Waals surface area contributed by atoms with E-state index in [1.54, 1.807) is 12.3 Å². The molecular formula is C11H7ClFIN2. The highest BCUT2D eigenvalue weighted by atomic mass is 127. The van der Waals surface area contributed by atoms with Gasteiger partial charge in [-0.2, -0.15) is 0 Å². The highest BCUT2D eigenvalue weighted by Gasteiger charge is 2.08. The summed E-state index contributed by atoms with van der Waals surface area (Å²) < 4.78 is 13.7. The molecule has 0 aliphatic heterocycles. The van der Waals surface area contributed by atoms with Crippen LogP contribution in [0.25, 0.3) is 11.3 Å². The third-order valence-corrected chi connectivity index (χ3v) is 3.44. The van der Waals surface area contributed by atoms with E-state index in [-0.39, 0.29) is 5.82 Å². The van der Waals surface area contributed by atoms with Crippen LogP contribution in [0.3, 0.4) is 0 Å². The molecule has 0 atom stereocenters. The van der Waals surface area contributed by atoms with E-state index in [1.807, 2.05) is 6.92 Å². The van der Waals surface area contributed by atoms with Crippen LogP contribution in [-0.2, 0) is 0 Å². The van der Waals surface area contributed by atoms with Crippen LogP contribution in [0.4, 0.5) is 4.39 Å². The fourth-order valence-corrected chi connectivity index (χ4v) is 1.92. The highest BCUT2D eigenvalue weighted by molar-refractivity contribution is 14.1. The van der Waals surface area contributed by atoms with E-state index in [2.05, 4.69) is 32.6 Å². The van der Waals surface area contributed by atoms with E-state index in [1.165, 1.54) is 12.1 Å². The molecule has 1 heterocycles. The van der Waals surface area contributed by atoms with Gasteiger partial charge in [-0.25, -0.2) is 9.37 Å². The first-order valence-electron chi connectivity index (χ1n) is 4.52. The van der Waals surface area contributed by atoms with Gasteiger partial charge < -0.3 is 0 Å². The van der Waals surface area contributed by atoms with Crippen molar-refractivity contribution in [3.8, 4) is 11.3 Å². The Morgan fingerprint density at radius 1 is 1.38 bits per heavy atom. The van der Waals surface area contributed by atoms with Crippen LogP contribution >= 0.6 is 34.2 Å². The van der Waals surface area contributed by atoms with Gasteiger partial charge in [0.2, 0.25) is 0 Å². The summed E-state index contributed by atoms with van der Waals surface area (Å²) >= 11 is 8.05. The molecule has 2 nitrogen and oxygen atoms in total.